The molecule has 6 heteroatoms. The first-order valence-corrected chi connectivity index (χ1v) is 6.92. The minimum Gasteiger partial charge on any atom is -0.410 e. The van der Waals surface area contributed by atoms with Gasteiger partial charge in [0.15, 0.2) is 0 Å². The number of carbonyl (C=O) groups excluding carboxylic acids is 1. The first-order chi connectivity index (χ1) is 11.0. The topological polar surface area (TPSA) is 64.3 Å². The van der Waals surface area contributed by atoms with Gasteiger partial charge in [-0.15, -0.1) is 6.58 Å². The second kappa shape index (κ2) is 7.40. The molecule has 0 aromatic heterocycles. The predicted octanol–water partition coefficient (Wildman–Crippen LogP) is 3.88. The van der Waals surface area contributed by atoms with Gasteiger partial charge >= 0.3 is 6.09 Å². The molecule has 0 atom stereocenters. The molecule has 4 nitrogen and oxygen atoms in total. The normalized spacial score (nSPS) is 10.2. The third kappa shape index (κ3) is 4.54. The molecule has 0 aliphatic rings. The summed E-state index contributed by atoms with van der Waals surface area (Å²) in [5.41, 5.74) is 6.71. The van der Waals surface area contributed by atoms with Crippen molar-refractivity contribution in [1.82, 2.24) is 5.32 Å². The Bertz CT molecular complexity index is 733. The number of benzene rings is 2. The van der Waals surface area contributed by atoms with Crippen LogP contribution in [0.2, 0.25) is 0 Å². The maximum Gasteiger partial charge on any atom is 0.412 e. The molecule has 2 aromatic carbocycles. The quantitative estimate of drug-likeness (QED) is 0.499. The number of amides is 1. The van der Waals surface area contributed by atoms with Gasteiger partial charge in [-0.25, -0.2) is 13.6 Å². The molecule has 0 bridgehead atoms. The number of nitrogens with one attached hydrogen (secondary N) is 1. The van der Waals surface area contributed by atoms with Crippen LogP contribution < -0.4 is 15.8 Å². The zero-order valence-corrected chi connectivity index (χ0v) is 12.3. The summed E-state index contributed by atoms with van der Waals surface area (Å²) >= 11 is 0. The molecule has 0 fully saturated rings. The molecule has 0 spiro atoms. The van der Waals surface area contributed by atoms with E-state index in [1.54, 1.807) is 6.08 Å². The Balaban J connectivity index is 2.23. The summed E-state index contributed by atoms with van der Waals surface area (Å²) in [4.78, 5) is 11.6. The molecule has 2 rings (SSSR count). The van der Waals surface area contributed by atoms with Crippen LogP contribution in [-0.4, -0.2) is 12.6 Å². The first-order valence-electron chi connectivity index (χ1n) is 6.92. The highest BCUT2D eigenvalue weighted by Gasteiger charge is 2.11. The second-order valence-corrected chi connectivity index (χ2v) is 4.80. The highest BCUT2D eigenvalue weighted by atomic mass is 19.1. The molecule has 0 saturated heterocycles. The summed E-state index contributed by atoms with van der Waals surface area (Å²) < 4.78 is 32.1. The fourth-order valence-electron chi connectivity index (χ4n) is 1.98. The Hall–Kier alpha value is -2.89. The smallest absolute Gasteiger partial charge is 0.410 e. The number of hydrogen-bond donors (Lipinski definition) is 2. The molecule has 2 aromatic rings. The van der Waals surface area contributed by atoms with Gasteiger partial charge in [0.25, 0.3) is 0 Å². The fourth-order valence-corrected chi connectivity index (χ4v) is 1.98. The highest BCUT2D eigenvalue weighted by Crippen LogP contribution is 2.30. The Morgan fingerprint density at radius 3 is 2.74 bits per heavy atom. The van der Waals surface area contributed by atoms with E-state index in [1.807, 2.05) is 0 Å². The van der Waals surface area contributed by atoms with E-state index in [-0.39, 0.29) is 5.75 Å². The zero-order chi connectivity index (χ0) is 16.8. The summed E-state index contributed by atoms with van der Waals surface area (Å²) in [6.07, 6.45) is 1.52. The van der Waals surface area contributed by atoms with E-state index in [1.165, 1.54) is 30.3 Å². The third-order valence-electron chi connectivity index (χ3n) is 3.03. The summed E-state index contributed by atoms with van der Waals surface area (Å²) in [6.45, 7) is 3.89. The van der Waals surface area contributed by atoms with Crippen molar-refractivity contribution in [1.29, 1.82) is 0 Å². The van der Waals surface area contributed by atoms with Crippen LogP contribution in [0.4, 0.5) is 19.3 Å². The summed E-state index contributed by atoms with van der Waals surface area (Å²) in [5.74, 6) is -1.12. The Morgan fingerprint density at radius 1 is 1.22 bits per heavy atom. The molecular formula is C17H16F2N2O2. The standard InChI is InChI=1S/C17H16F2N2O2/c1-2-3-6-21-17(22)23-14-8-11(7-13(19)9-14)15-10-12(18)4-5-16(15)20/h2,4-5,7-10H,1,3,6,20H2,(H,21,22). The number of halogens is 2. The second-order valence-electron chi connectivity index (χ2n) is 4.80. The molecule has 0 unspecified atom stereocenters. The van der Waals surface area contributed by atoms with Gasteiger partial charge in [0.2, 0.25) is 0 Å². The minimum absolute atomic E-state index is 0.000218. The average Bonchev–Trinajstić information content (AvgIpc) is 2.49. The van der Waals surface area contributed by atoms with Crippen molar-refractivity contribution in [2.45, 2.75) is 6.42 Å². The number of anilines is 1. The lowest BCUT2D eigenvalue weighted by atomic mass is 10.0. The number of hydrogen-bond acceptors (Lipinski definition) is 3. The molecule has 0 radical (unpaired) electrons. The van der Waals surface area contributed by atoms with Crippen molar-refractivity contribution in [3.05, 3.63) is 60.7 Å². The van der Waals surface area contributed by atoms with Crippen molar-refractivity contribution in [2.24, 2.45) is 0 Å². The maximum absolute atomic E-state index is 13.7. The van der Waals surface area contributed by atoms with Crippen LogP contribution in [0.1, 0.15) is 6.42 Å². The number of nitrogens with two attached hydrogens (primary N) is 1. The van der Waals surface area contributed by atoms with E-state index in [4.69, 9.17) is 10.5 Å². The Labute approximate surface area is 132 Å². The molecule has 3 N–H and O–H groups in total. The molecule has 0 saturated carbocycles. The first kappa shape index (κ1) is 16.5. The van der Waals surface area contributed by atoms with Crippen LogP contribution in [0.25, 0.3) is 11.1 Å². The van der Waals surface area contributed by atoms with Gasteiger partial charge in [-0.3, -0.25) is 0 Å². The lowest BCUT2D eigenvalue weighted by Crippen LogP contribution is -2.27. The molecular weight excluding hydrogens is 302 g/mol. The van der Waals surface area contributed by atoms with E-state index in [0.717, 1.165) is 6.07 Å². The average molecular weight is 318 g/mol. The van der Waals surface area contributed by atoms with Gasteiger partial charge in [0.05, 0.1) is 0 Å². The largest absolute Gasteiger partial charge is 0.412 e. The molecule has 0 aliphatic heterocycles. The van der Waals surface area contributed by atoms with Crippen molar-refractivity contribution < 1.29 is 18.3 Å². The summed E-state index contributed by atoms with van der Waals surface area (Å²) in [6, 6.07) is 7.46. The molecule has 0 heterocycles. The van der Waals surface area contributed by atoms with Gasteiger partial charge in [0, 0.05) is 23.9 Å². The number of carbonyl (C=O) groups is 1. The van der Waals surface area contributed by atoms with Gasteiger partial charge in [-0.05, 0) is 42.3 Å². The molecule has 1 amide bonds. The molecule has 0 aliphatic carbocycles. The van der Waals surface area contributed by atoms with Gasteiger partial charge in [-0.2, -0.15) is 0 Å². The van der Waals surface area contributed by atoms with Crippen LogP contribution in [0.5, 0.6) is 5.75 Å². The van der Waals surface area contributed by atoms with E-state index in [2.05, 4.69) is 11.9 Å². The number of rotatable bonds is 5. The highest BCUT2D eigenvalue weighted by molar-refractivity contribution is 5.78. The van der Waals surface area contributed by atoms with Crippen LogP contribution >= 0.6 is 0 Å². The third-order valence-corrected chi connectivity index (χ3v) is 3.03. The van der Waals surface area contributed by atoms with Crippen molar-refractivity contribution in [2.75, 3.05) is 12.3 Å². The van der Waals surface area contributed by atoms with Gasteiger partial charge < -0.3 is 15.8 Å². The predicted molar refractivity (Wildman–Crippen MR) is 85.0 cm³/mol. The summed E-state index contributed by atoms with van der Waals surface area (Å²) in [5, 5.41) is 2.49. The lowest BCUT2D eigenvalue weighted by Gasteiger charge is -2.10. The Morgan fingerprint density at radius 2 is 2.00 bits per heavy atom. The van der Waals surface area contributed by atoms with Crippen LogP contribution in [0.15, 0.2) is 49.1 Å². The minimum atomic E-state index is -0.712. The zero-order valence-electron chi connectivity index (χ0n) is 12.3. The van der Waals surface area contributed by atoms with Crippen LogP contribution in [-0.2, 0) is 0 Å². The molecule has 23 heavy (non-hydrogen) atoms. The van der Waals surface area contributed by atoms with Crippen LogP contribution in [0.3, 0.4) is 0 Å². The number of nitrogen functional groups attached to an aromatic ring is 1. The lowest BCUT2D eigenvalue weighted by molar-refractivity contribution is 0.200. The Kier molecular flexibility index (Phi) is 5.30. The van der Waals surface area contributed by atoms with Crippen molar-refractivity contribution >= 4 is 11.8 Å². The fraction of sp³-hybridized carbons (Fsp3) is 0.118. The van der Waals surface area contributed by atoms with Crippen molar-refractivity contribution in [3.8, 4) is 16.9 Å². The van der Waals surface area contributed by atoms with E-state index in [0.29, 0.717) is 29.8 Å². The summed E-state index contributed by atoms with van der Waals surface area (Å²) in [7, 11) is 0. The SMILES string of the molecule is C=CCCNC(=O)Oc1cc(F)cc(-c2cc(F)ccc2N)c1. The van der Waals surface area contributed by atoms with Gasteiger partial charge in [-0.1, -0.05) is 6.08 Å². The van der Waals surface area contributed by atoms with Crippen molar-refractivity contribution in [3.63, 3.8) is 0 Å². The maximum atomic E-state index is 13.7. The van der Waals surface area contributed by atoms with Crippen LogP contribution in [0, 0.1) is 11.6 Å². The van der Waals surface area contributed by atoms with E-state index >= 15 is 0 Å². The van der Waals surface area contributed by atoms with Gasteiger partial charge in [0.1, 0.15) is 17.4 Å². The monoisotopic (exact) mass is 318 g/mol. The number of ether oxygens (including phenoxy) is 1. The molecule has 120 valence electrons. The van der Waals surface area contributed by atoms with E-state index in [9.17, 15) is 13.6 Å². The van der Waals surface area contributed by atoms with E-state index < -0.39 is 17.7 Å².